The van der Waals surface area contributed by atoms with Gasteiger partial charge in [-0.15, -0.1) is 0 Å². The van der Waals surface area contributed by atoms with Gasteiger partial charge in [0.2, 0.25) is 0 Å². The van der Waals surface area contributed by atoms with E-state index >= 15 is 0 Å². The van der Waals surface area contributed by atoms with Gasteiger partial charge in [-0.05, 0) is 0 Å². The van der Waals surface area contributed by atoms with Crippen molar-refractivity contribution in [3.05, 3.63) is 23.8 Å². The number of hydrogen-bond acceptors (Lipinski definition) is 5. The molecule has 1 amide bonds. The molecule has 7 nitrogen and oxygen atoms in total. The minimum atomic E-state index is -1.02. The first-order valence-corrected chi connectivity index (χ1v) is 7.63. The van der Waals surface area contributed by atoms with Gasteiger partial charge in [0.1, 0.15) is 6.10 Å². The van der Waals surface area contributed by atoms with Gasteiger partial charge in [-0.1, -0.05) is 11.8 Å². The third kappa shape index (κ3) is 3.42. The molecule has 2 aliphatic heterocycles. The van der Waals surface area contributed by atoms with Crippen molar-refractivity contribution in [2.24, 2.45) is 0 Å². The van der Waals surface area contributed by atoms with Crippen molar-refractivity contribution in [1.82, 2.24) is 9.88 Å². The predicted octanol–water partition coefficient (Wildman–Crippen LogP) is 1.08. The zero-order chi connectivity index (χ0) is 17.2. The first kappa shape index (κ1) is 16.5. The van der Waals surface area contributed by atoms with Crippen LogP contribution in [0.4, 0.5) is 14.9 Å². The number of rotatable bonds is 0. The molecule has 0 bridgehead atoms. The predicted molar refractivity (Wildman–Crippen MR) is 82.7 cm³/mol. The summed E-state index contributed by atoms with van der Waals surface area (Å²) in [6.45, 7) is 1.42. The first-order valence-electron chi connectivity index (χ1n) is 7.63. The summed E-state index contributed by atoms with van der Waals surface area (Å²) in [6, 6.07) is 0. The Morgan fingerprint density at radius 2 is 2.21 bits per heavy atom. The van der Waals surface area contributed by atoms with E-state index in [0.29, 0.717) is 26.1 Å². The van der Waals surface area contributed by atoms with Gasteiger partial charge < -0.3 is 25.2 Å². The molecule has 1 aromatic rings. The van der Waals surface area contributed by atoms with Crippen LogP contribution in [0.2, 0.25) is 0 Å². The van der Waals surface area contributed by atoms with Crippen LogP contribution >= 0.6 is 0 Å². The number of carboxylic acid groups (broad SMARTS) is 1. The molecule has 3 heterocycles. The number of nitrogen functional groups attached to an aromatic ring is 1. The van der Waals surface area contributed by atoms with E-state index < -0.39 is 23.6 Å². The Bertz CT molecular complexity index is 674. The highest BCUT2D eigenvalue weighted by atomic mass is 19.1. The molecule has 24 heavy (non-hydrogen) atoms. The van der Waals surface area contributed by atoms with E-state index in [2.05, 4.69) is 16.8 Å². The molecular formula is C16H18FN3O4. The van der Waals surface area contributed by atoms with E-state index in [1.807, 2.05) is 0 Å². The molecule has 0 aromatic carbocycles. The van der Waals surface area contributed by atoms with E-state index in [1.165, 1.54) is 11.1 Å². The number of ether oxygens (including phenoxy) is 2. The Labute approximate surface area is 138 Å². The zero-order valence-corrected chi connectivity index (χ0v) is 13.0. The average molecular weight is 335 g/mol. The fourth-order valence-corrected chi connectivity index (χ4v) is 2.96. The van der Waals surface area contributed by atoms with Gasteiger partial charge in [0.25, 0.3) is 0 Å². The number of carbonyl (C=O) groups is 1. The average Bonchev–Trinajstić information content (AvgIpc) is 2.54. The summed E-state index contributed by atoms with van der Waals surface area (Å²) < 4.78 is 25.1. The van der Waals surface area contributed by atoms with Crippen LogP contribution in [0.25, 0.3) is 0 Å². The second kappa shape index (κ2) is 6.63. The van der Waals surface area contributed by atoms with Crippen LogP contribution in [0.3, 0.4) is 0 Å². The lowest BCUT2D eigenvalue weighted by atomic mass is 9.91. The van der Waals surface area contributed by atoms with Crippen LogP contribution in [-0.4, -0.2) is 59.1 Å². The summed E-state index contributed by atoms with van der Waals surface area (Å²) in [5, 5.41) is 9.35. The van der Waals surface area contributed by atoms with Crippen molar-refractivity contribution in [2.45, 2.75) is 24.5 Å². The van der Waals surface area contributed by atoms with Gasteiger partial charge in [0.15, 0.2) is 5.82 Å². The van der Waals surface area contributed by atoms with Crippen molar-refractivity contribution < 1.29 is 23.8 Å². The highest BCUT2D eigenvalue weighted by Crippen LogP contribution is 2.31. The van der Waals surface area contributed by atoms with E-state index in [1.54, 1.807) is 0 Å². The standard InChI is InChI=1S/C16H18FN3O4/c17-13-7-19-8-14(18)12(13)2-1-11-9-20(15(21)22)10-16(24-11)3-5-23-6-4-16/h7-8,11H,3-6,9-10,18H2,(H,21,22). The fourth-order valence-electron chi connectivity index (χ4n) is 2.96. The van der Waals surface area contributed by atoms with E-state index in [9.17, 15) is 14.3 Å². The number of halogens is 1. The Morgan fingerprint density at radius 3 is 2.88 bits per heavy atom. The largest absolute Gasteiger partial charge is 0.465 e. The molecule has 2 saturated heterocycles. The first-order chi connectivity index (χ1) is 11.5. The number of anilines is 1. The molecule has 0 aliphatic carbocycles. The van der Waals surface area contributed by atoms with Gasteiger partial charge in [-0.2, -0.15) is 0 Å². The van der Waals surface area contributed by atoms with Crippen molar-refractivity contribution in [2.75, 3.05) is 32.0 Å². The lowest BCUT2D eigenvalue weighted by molar-refractivity contribution is -0.167. The molecular weight excluding hydrogens is 317 g/mol. The molecule has 2 aliphatic rings. The second-order valence-corrected chi connectivity index (χ2v) is 5.92. The summed E-state index contributed by atoms with van der Waals surface area (Å²) in [4.78, 5) is 16.3. The van der Waals surface area contributed by atoms with E-state index in [0.717, 1.165) is 6.20 Å². The van der Waals surface area contributed by atoms with Gasteiger partial charge in [0.05, 0.1) is 42.3 Å². The summed E-state index contributed by atoms with van der Waals surface area (Å²) in [5.74, 6) is 4.86. The normalized spacial score (nSPS) is 22.7. The fraction of sp³-hybridized carbons (Fsp3) is 0.500. The van der Waals surface area contributed by atoms with Crippen molar-refractivity contribution in [1.29, 1.82) is 0 Å². The minimum absolute atomic E-state index is 0.0436. The number of aromatic nitrogens is 1. The third-order valence-electron chi connectivity index (χ3n) is 4.22. The molecule has 1 aromatic heterocycles. The lowest BCUT2D eigenvalue weighted by Gasteiger charge is -2.46. The quantitative estimate of drug-likeness (QED) is 0.689. The van der Waals surface area contributed by atoms with Crippen LogP contribution < -0.4 is 5.73 Å². The molecule has 2 fully saturated rings. The molecule has 0 radical (unpaired) electrons. The van der Waals surface area contributed by atoms with Crippen LogP contribution in [-0.2, 0) is 9.47 Å². The van der Waals surface area contributed by atoms with Crippen LogP contribution in [0.5, 0.6) is 0 Å². The molecule has 3 N–H and O–H groups in total. The molecule has 1 atom stereocenters. The second-order valence-electron chi connectivity index (χ2n) is 5.92. The smallest absolute Gasteiger partial charge is 0.407 e. The molecule has 128 valence electrons. The number of amides is 1. The molecule has 8 heteroatoms. The summed E-state index contributed by atoms with van der Waals surface area (Å²) in [7, 11) is 0. The summed E-state index contributed by atoms with van der Waals surface area (Å²) >= 11 is 0. The third-order valence-corrected chi connectivity index (χ3v) is 4.22. The number of nitrogens with zero attached hydrogens (tertiary/aromatic N) is 2. The minimum Gasteiger partial charge on any atom is -0.465 e. The van der Waals surface area contributed by atoms with Gasteiger partial charge >= 0.3 is 6.09 Å². The maximum Gasteiger partial charge on any atom is 0.407 e. The Hall–Kier alpha value is -2.37. The SMILES string of the molecule is Nc1cncc(F)c1C#CC1CN(C(=O)O)CC2(CCOCC2)O1. The maximum absolute atomic E-state index is 13.8. The van der Waals surface area contributed by atoms with Gasteiger partial charge in [0, 0.05) is 26.1 Å². The number of morpholine rings is 1. The lowest BCUT2D eigenvalue weighted by Crippen LogP contribution is -2.58. The van der Waals surface area contributed by atoms with Crippen LogP contribution in [0, 0.1) is 17.7 Å². The molecule has 1 spiro atoms. The topological polar surface area (TPSA) is 97.9 Å². The zero-order valence-electron chi connectivity index (χ0n) is 13.0. The molecule has 3 rings (SSSR count). The number of pyridine rings is 1. The number of hydrogen-bond donors (Lipinski definition) is 2. The summed E-state index contributed by atoms with van der Waals surface area (Å²) in [5.41, 5.74) is 5.26. The van der Waals surface area contributed by atoms with Crippen molar-refractivity contribution in [3.8, 4) is 11.8 Å². The summed E-state index contributed by atoms with van der Waals surface area (Å²) in [6.07, 6.45) is 1.87. The highest BCUT2D eigenvalue weighted by Gasteiger charge is 2.43. The van der Waals surface area contributed by atoms with Gasteiger partial charge in [-0.25, -0.2) is 9.18 Å². The van der Waals surface area contributed by atoms with E-state index in [4.69, 9.17) is 15.2 Å². The highest BCUT2D eigenvalue weighted by molar-refractivity contribution is 5.65. The Morgan fingerprint density at radius 1 is 1.46 bits per heavy atom. The van der Waals surface area contributed by atoms with Crippen molar-refractivity contribution >= 4 is 11.8 Å². The maximum atomic E-state index is 13.8. The molecule has 1 unspecified atom stereocenters. The van der Waals surface area contributed by atoms with Crippen LogP contribution in [0.1, 0.15) is 18.4 Å². The Kier molecular flexibility index (Phi) is 4.55. The van der Waals surface area contributed by atoms with E-state index in [-0.39, 0.29) is 24.3 Å². The number of nitrogens with two attached hydrogens (primary N) is 1. The van der Waals surface area contributed by atoms with Crippen LogP contribution in [0.15, 0.2) is 12.4 Å². The molecule has 0 saturated carbocycles. The monoisotopic (exact) mass is 335 g/mol. The van der Waals surface area contributed by atoms with Crippen molar-refractivity contribution in [3.63, 3.8) is 0 Å². The van der Waals surface area contributed by atoms with Gasteiger partial charge in [-0.3, -0.25) is 4.98 Å². The Balaban J connectivity index is 1.84.